The number of hydrogen-bond acceptors (Lipinski definition) is 3. The predicted octanol–water partition coefficient (Wildman–Crippen LogP) is 3.20. The van der Waals surface area contributed by atoms with Crippen LogP contribution in [0.15, 0.2) is 42.6 Å². The van der Waals surface area contributed by atoms with E-state index in [4.69, 9.17) is 0 Å². The summed E-state index contributed by atoms with van der Waals surface area (Å²) < 4.78 is 0. The normalized spacial score (nSPS) is 10.3. The van der Waals surface area contributed by atoms with Gasteiger partial charge in [-0.3, -0.25) is 14.6 Å². The van der Waals surface area contributed by atoms with Crippen LogP contribution in [0.4, 0.5) is 5.69 Å². The van der Waals surface area contributed by atoms with Crippen molar-refractivity contribution in [3.63, 3.8) is 0 Å². The van der Waals surface area contributed by atoms with E-state index in [1.807, 2.05) is 45.0 Å². The van der Waals surface area contributed by atoms with E-state index in [1.165, 1.54) is 6.20 Å². The molecule has 5 heteroatoms. The highest BCUT2D eigenvalue weighted by molar-refractivity contribution is 6.07. The second kappa shape index (κ2) is 8.24. The Bertz CT molecular complexity index is 728. The summed E-state index contributed by atoms with van der Waals surface area (Å²) >= 11 is 0. The van der Waals surface area contributed by atoms with Crippen LogP contribution in [0.25, 0.3) is 0 Å². The van der Waals surface area contributed by atoms with Gasteiger partial charge in [0.05, 0.1) is 0 Å². The standard InChI is InChI=1S/C19H23N3O2/c1-4-10-21-18(23)17-13-15(9-11-20-17)19(24)22(5-2)16-8-6-7-14(3)12-16/h6-9,11-13H,4-5,10H2,1-3H3,(H,21,23). The van der Waals surface area contributed by atoms with Gasteiger partial charge in [-0.15, -0.1) is 0 Å². The molecule has 0 fully saturated rings. The molecule has 0 aliphatic carbocycles. The van der Waals surface area contributed by atoms with Crippen LogP contribution in [0.2, 0.25) is 0 Å². The largest absolute Gasteiger partial charge is 0.351 e. The van der Waals surface area contributed by atoms with Crippen molar-refractivity contribution in [1.29, 1.82) is 0 Å². The molecule has 1 aromatic carbocycles. The molecular formula is C19H23N3O2. The molecule has 0 atom stereocenters. The molecule has 0 unspecified atom stereocenters. The van der Waals surface area contributed by atoms with E-state index in [-0.39, 0.29) is 17.5 Å². The highest BCUT2D eigenvalue weighted by atomic mass is 16.2. The SMILES string of the molecule is CCCNC(=O)c1cc(C(=O)N(CC)c2cccc(C)c2)ccn1. The maximum Gasteiger partial charge on any atom is 0.269 e. The van der Waals surface area contributed by atoms with Gasteiger partial charge in [0, 0.05) is 30.5 Å². The van der Waals surface area contributed by atoms with Crippen LogP contribution in [0.3, 0.4) is 0 Å². The van der Waals surface area contributed by atoms with E-state index >= 15 is 0 Å². The lowest BCUT2D eigenvalue weighted by Gasteiger charge is -2.21. The summed E-state index contributed by atoms with van der Waals surface area (Å²) in [5.41, 5.74) is 2.65. The first-order valence-corrected chi connectivity index (χ1v) is 8.19. The average Bonchev–Trinajstić information content (AvgIpc) is 2.60. The van der Waals surface area contributed by atoms with Crippen LogP contribution >= 0.6 is 0 Å². The molecule has 2 rings (SSSR count). The molecule has 1 heterocycles. The fraction of sp³-hybridized carbons (Fsp3) is 0.316. The van der Waals surface area contributed by atoms with Crippen molar-refractivity contribution in [2.75, 3.05) is 18.0 Å². The van der Waals surface area contributed by atoms with E-state index in [1.54, 1.807) is 17.0 Å². The molecule has 0 radical (unpaired) electrons. The van der Waals surface area contributed by atoms with Gasteiger partial charge in [0.2, 0.25) is 0 Å². The third kappa shape index (κ3) is 4.19. The van der Waals surface area contributed by atoms with Gasteiger partial charge >= 0.3 is 0 Å². The maximum absolute atomic E-state index is 12.8. The van der Waals surface area contributed by atoms with E-state index < -0.39 is 0 Å². The van der Waals surface area contributed by atoms with Gasteiger partial charge < -0.3 is 10.2 Å². The van der Waals surface area contributed by atoms with E-state index in [0.717, 1.165) is 17.7 Å². The molecule has 1 N–H and O–H groups in total. The quantitative estimate of drug-likeness (QED) is 0.887. The molecule has 0 aliphatic heterocycles. The Hall–Kier alpha value is -2.69. The highest BCUT2D eigenvalue weighted by Gasteiger charge is 2.18. The number of amides is 2. The second-order valence-corrected chi connectivity index (χ2v) is 5.57. The van der Waals surface area contributed by atoms with Crippen molar-refractivity contribution in [3.8, 4) is 0 Å². The van der Waals surface area contributed by atoms with Crippen molar-refractivity contribution in [1.82, 2.24) is 10.3 Å². The van der Waals surface area contributed by atoms with Gasteiger partial charge in [0.1, 0.15) is 5.69 Å². The molecule has 0 saturated carbocycles. The van der Waals surface area contributed by atoms with E-state index in [9.17, 15) is 9.59 Å². The molecule has 0 aliphatic rings. The molecule has 24 heavy (non-hydrogen) atoms. The summed E-state index contributed by atoms with van der Waals surface area (Å²) in [5, 5.41) is 2.77. The topological polar surface area (TPSA) is 62.3 Å². The van der Waals surface area contributed by atoms with Gasteiger partial charge in [-0.25, -0.2) is 0 Å². The number of carbonyl (C=O) groups excluding carboxylic acids is 2. The molecule has 0 spiro atoms. The number of pyridine rings is 1. The first-order valence-electron chi connectivity index (χ1n) is 8.19. The predicted molar refractivity (Wildman–Crippen MR) is 95.4 cm³/mol. The van der Waals surface area contributed by atoms with Crippen LogP contribution in [-0.4, -0.2) is 29.9 Å². The van der Waals surface area contributed by atoms with E-state index in [2.05, 4.69) is 10.3 Å². The third-order valence-corrected chi connectivity index (χ3v) is 3.65. The van der Waals surface area contributed by atoms with Crippen molar-refractivity contribution >= 4 is 17.5 Å². The van der Waals surface area contributed by atoms with Gasteiger partial charge in [0.15, 0.2) is 0 Å². The zero-order valence-corrected chi connectivity index (χ0v) is 14.4. The summed E-state index contributed by atoms with van der Waals surface area (Å²) in [6.45, 7) is 7.03. The lowest BCUT2D eigenvalue weighted by atomic mass is 10.1. The number of carbonyl (C=O) groups is 2. The molecule has 2 amide bonds. The summed E-state index contributed by atoms with van der Waals surface area (Å²) in [6.07, 6.45) is 2.35. The smallest absolute Gasteiger partial charge is 0.269 e. The van der Waals surface area contributed by atoms with Gasteiger partial charge in [-0.05, 0) is 50.1 Å². The van der Waals surface area contributed by atoms with Crippen molar-refractivity contribution in [3.05, 3.63) is 59.4 Å². The van der Waals surface area contributed by atoms with Crippen LogP contribution in [0.1, 0.15) is 46.7 Å². The Morgan fingerprint density at radius 3 is 2.62 bits per heavy atom. The second-order valence-electron chi connectivity index (χ2n) is 5.57. The summed E-state index contributed by atoms with van der Waals surface area (Å²) in [6, 6.07) is 11.0. The molecule has 1 aromatic heterocycles. The number of rotatable bonds is 6. The van der Waals surface area contributed by atoms with Crippen LogP contribution < -0.4 is 10.2 Å². The molecule has 0 bridgehead atoms. The van der Waals surface area contributed by atoms with Gasteiger partial charge in [-0.2, -0.15) is 0 Å². The summed E-state index contributed by atoms with van der Waals surface area (Å²) in [4.78, 5) is 30.6. The van der Waals surface area contributed by atoms with Crippen molar-refractivity contribution in [2.45, 2.75) is 27.2 Å². The number of nitrogens with zero attached hydrogens (tertiary/aromatic N) is 2. The molecular weight excluding hydrogens is 302 g/mol. The molecule has 126 valence electrons. The maximum atomic E-state index is 12.8. The lowest BCUT2D eigenvalue weighted by Crippen LogP contribution is -2.31. The minimum Gasteiger partial charge on any atom is -0.351 e. The number of aryl methyl sites for hydroxylation is 1. The van der Waals surface area contributed by atoms with Crippen LogP contribution in [-0.2, 0) is 0 Å². The van der Waals surface area contributed by atoms with Crippen LogP contribution in [0, 0.1) is 6.92 Å². The van der Waals surface area contributed by atoms with Crippen molar-refractivity contribution < 1.29 is 9.59 Å². The molecule has 0 saturated heterocycles. The summed E-state index contributed by atoms with van der Waals surface area (Å²) in [7, 11) is 0. The van der Waals surface area contributed by atoms with Gasteiger partial charge in [-0.1, -0.05) is 19.1 Å². The molecule has 5 nitrogen and oxygen atoms in total. The zero-order chi connectivity index (χ0) is 17.5. The Morgan fingerprint density at radius 1 is 1.17 bits per heavy atom. The first-order chi connectivity index (χ1) is 11.6. The number of aromatic nitrogens is 1. The average molecular weight is 325 g/mol. The molecule has 2 aromatic rings. The first kappa shape index (κ1) is 17.7. The highest BCUT2D eigenvalue weighted by Crippen LogP contribution is 2.18. The van der Waals surface area contributed by atoms with Gasteiger partial charge in [0.25, 0.3) is 11.8 Å². The minimum absolute atomic E-state index is 0.143. The van der Waals surface area contributed by atoms with Crippen molar-refractivity contribution in [2.24, 2.45) is 0 Å². The Morgan fingerprint density at radius 2 is 1.96 bits per heavy atom. The van der Waals surface area contributed by atoms with E-state index in [0.29, 0.717) is 18.7 Å². The third-order valence-electron chi connectivity index (χ3n) is 3.65. The fourth-order valence-corrected chi connectivity index (χ4v) is 2.41. The Balaban J connectivity index is 2.26. The fourth-order valence-electron chi connectivity index (χ4n) is 2.41. The number of hydrogen-bond donors (Lipinski definition) is 1. The number of nitrogens with one attached hydrogen (secondary N) is 1. The zero-order valence-electron chi connectivity index (χ0n) is 14.4. The minimum atomic E-state index is -0.259. The van der Waals surface area contributed by atoms with Crippen LogP contribution in [0.5, 0.6) is 0 Å². The summed E-state index contributed by atoms with van der Waals surface area (Å²) in [5.74, 6) is -0.403. The Kier molecular flexibility index (Phi) is 6.07. The number of benzene rings is 1. The monoisotopic (exact) mass is 325 g/mol. The Labute approximate surface area is 142 Å². The number of anilines is 1. The lowest BCUT2D eigenvalue weighted by molar-refractivity contribution is 0.0948.